The van der Waals surface area contributed by atoms with Gasteiger partial charge in [0.25, 0.3) is 5.91 Å². The lowest BCUT2D eigenvalue weighted by molar-refractivity contribution is -0.118. The van der Waals surface area contributed by atoms with Crippen LogP contribution >= 0.6 is 0 Å². The van der Waals surface area contributed by atoms with Crippen LogP contribution in [0.25, 0.3) is 0 Å². The summed E-state index contributed by atoms with van der Waals surface area (Å²) in [4.78, 5) is 24.2. The summed E-state index contributed by atoms with van der Waals surface area (Å²) in [5.74, 6) is 0.127. The summed E-state index contributed by atoms with van der Waals surface area (Å²) in [7, 11) is 0. The molecule has 0 fully saturated rings. The van der Waals surface area contributed by atoms with Crippen molar-refractivity contribution in [3.05, 3.63) is 59.7 Å². The van der Waals surface area contributed by atoms with Gasteiger partial charge in [-0.3, -0.25) is 9.59 Å². The Bertz CT molecular complexity index is 736. The van der Waals surface area contributed by atoms with Gasteiger partial charge in [-0.1, -0.05) is 45.9 Å². The standard InChI is InChI=1S/C21H26N2O2/c1-5-15(4)16-9-11-18(12-10-16)22-21(25)17-7-6-8-19(13-17)23-20(24)14(2)3/h6-15H,5H2,1-4H3,(H,22,25)(H,23,24). The van der Waals surface area contributed by atoms with Crippen LogP contribution in [0.2, 0.25) is 0 Å². The normalized spacial score (nSPS) is 11.9. The first-order valence-corrected chi connectivity index (χ1v) is 8.73. The summed E-state index contributed by atoms with van der Waals surface area (Å²) in [6, 6.07) is 14.9. The zero-order chi connectivity index (χ0) is 18.4. The third-order valence-corrected chi connectivity index (χ3v) is 4.27. The molecule has 1 unspecified atom stereocenters. The number of amides is 2. The van der Waals surface area contributed by atoms with E-state index >= 15 is 0 Å². The van der Waals surface area contributed by atoms with Crippen LogP contribution in [-0.4, -0.2) is 11.8 Å². The quantitative estimate of drug-likeness (QED) is 0.774. The molecule has 2 rings (SSSR count). The van der Waals surface area contributed by atoms with Crippen molar-refractivity contribution in [1.29, 1.82) is 0 Å². The van der Waals surface area contributed by atoms with E-state index < -0.39 is 0 Å². The highest BCUT2D eigenvalue weighted by atomic mass is 16.2. The number of hydrogen-bond acceptors (Lipinski definition) is 2. The second kappa shape index (κ2) is 8.47. The number of carbonyl (C=O) groups is 2. The van der Waals surface area contributed by atoms with Crippen LogP contribution in [0.4, 0.5) is 11.4 Å². The first-order chi connectivity index (χ1) is 11.9. The van der Waals surface area contributed by atoms with Crippen molar-refractivity contribution in [3.8, 4) is 0 Å². The number of rotatable bonds is 6. The molecule has 0 heterocycles. The average Bonchev–Trinajstić information content (AvgIpc) is 2.61. The molecule has 0 aliphatic carbocycles. The zero-order valence-electron chi connectivity index (χ0n) is 15.3. The molecule has 0 saturated heterocycles. The van der Waals surface area contributed by atoms with E-state index in [1.807, 2.05) is 38.1 Å². The highest BCUT2D eigenvalue weighted by Crippen LogP contribution is 2.21. The molecule has 132 valence electrons. The predicted molar refractivity (Wildman–Crippen MR) is 103 cm³/mol. The molecule has 2 aromatic carbocycles. The van der Waals surface area contributed by atoms with Gasteiger partial charge in [-0.25, -0.2) is 0 Å². The van der Waals surface area contributed by atoms with Gasteiger partial charge in [-0.2, -0.15) is 0 Å². The van der Waals surface area contributed by atoms with Crippen LogP contribution in [0.5, 0.6) is 0 Å². The monoisotopic (exact) mass is 338 g/mol. The van der Waals surface area contributed by atoms with Gasteiger partial charge in [-0.05, 0) is 48.2 Å². The van der Waals surface area contributed by atoms with Gasteiger partial charge >= 0.3 is 0 Å². The lowest BCUT2D eigenvalue weighted by Gasteiger charge is -2.11. The van der Waals surface area contributed by atoms with Crippen LogP contribution in [0.15, 0.2) is 48.5 Å². The molecular weight excluding hydrogens is 312 g/mol. The molecule has 25 heavy (non-hydrogen) atoms. The minimum Gasteiger partial charge on any atom is -0.326 e. The maximum absolute atomic E-state index is 12.4. The Kier molecular flexibility index (Phi) is 6.34. The average molecular weight is 338 g/mol. The Hall–Kier alpha value is -2.62. The lowest BCUT2D eigenvalue weighted by atomic mass is 9.98. The molecule has 0 saturated carbocycles. The van der Waals surface area contributed by atoms with E-state index in [4.69, 9.17) is 0 Å². The van der Waals surface area contributed by atoms with E-state index in [0.29, 0.717) is 17.2 Å². The van der Waals surface area contributed by atoms with Gasteiger partial charge in [0.05, 0.1) is 0 Å². The van der Waals surface area contributed by atoms with E-state index in [2.05, 4.69) is 24.5 Å². The minimum absolute atomic E-state index is 0.0711. The van der Waals surface area contributed by atoms with Crippen molar-refractivity contribution in [2.75, 3.05) is 10.6 Å². The third kappa shape index (κ3) is 5.18. The highest BCUT2D eigenvalue weighted by molar-refractivity contribution is 6.05. The topological polar surface area (TPSA) is 58.2 Å². The number of hydrogen-bond donors (Lipinski definition) is 2. The second-order valence-electron chi connectivity index (χ2n) is 6.61. The van der Waals surface area contributed by atoms with E-state index in [0.717, 1.165) is 12.1 Å². The predicted octanol–water partition coefficient (Wildman–Crippen LogP) is 5.05. The Morgan fingerprint density at radius 2 is 1.60 bits per heavy atom. The summed E-state index contributed by atoms with van der Waals surface area (Å²) in [5, 5.41) is 5.70. The molecule has 0 aliphatic heterocycles. The van der Waals surface area contributed by atoms with Crippen LogP contribution in [0, 0.1) is 5.92 Å². The molecular formula is C21H26N2O2. The van der Waals surface area contributed by atoms with E-state index in [1.165, 1.54) is 5.56 Å². The van der Waals surface area contributed by atoms with Gasteiger partial charge < -0.3 is 10.6 Å². The molecule has 1 atom stereocenters. The number of carbonyl (C=O) groups excluding carboxylic acids is 2. The maximum atomic E-state index is 12.4. The van der Waals surface area contributed by atoms with E-state index in [-0.39, 0.29) is 17.7 Å². The minimum atomic E-state index is -0.197. The van der Waals surface area contributed by atoms with Gasteiger partial charge in [0.2, 0.25) is 5.91 Å². The smallest absolute Gasteiger partial charge is 0.255 e. The molecule has 0 spiro atoms. The molecule has 0 aliphatic rings. The van der Waals surface area contributed by atoms with Gasteiger partial charge in [-0.15, -0.1) is 0 Å². The van der Waals surface area contributed by atoms with Crippen LogP contribution in [0.3, 0.4) is 0 Å². The number of anilines is 2. The molecule has 4 nitrogen and oxygen atoms in total. The molecule has 0 bridgehead atoms. The maximum Gasteiger partial charge on any atom is 0.255 e. The Labute approximate surface area is 149 Å². The largest absolute Gasteiger partial charge is 0.326 e. The van der Waals surface area contributed by atoms with E-state index in [1.54, 1.807) is 24.3 Å². The van der Waals surface area contributed by atoms with Crippen LogP contribution < -0.4 is 10.6 Å². The molecule has 0 aromatic heterocycles. The molecule has 2 N–H and O–H groups in total. The van der Waals surface area contributed by atoms with Gasteiger partial charge in [0.15, 0.2) is 0 Å². The summed E-state index contributed by atoms with van der Waals surface area (Å²) < 4.78 is 0. The molecule has 4 heteroatoms. The fourth-order valence-electron chi connectivity index (χ4n) is 2.36. The summed E-state index contributed by atoms with van der Waals surface area (Å²) >= 11 is 0. The fourth-order valence-corrected chi connectivity index (χ4v) is 2.36. The number of benzene rings is 2. The summed E-state index contributed by atoms with van der Waals surface area (Å²) in [6.07, 6.45) is 1.08. The van der Waals surface area contributed by atoms with Crippen molar-refractivity contribution >= 4 is 23.2 Å². The van der Waals surface area contributed by atoms with Gasteiger partial charge in [0.1, 0.15) is 0 Å². The third-order valence-electron chi connectivity index (χ3n) is 4.27. The zero-order valence-corrected chi connectivity index (χ0v) is 15.3. The SMILES string of the molecule is CCC(C)c1ccc(NC(=O)c2cccc(NC(=O)C(C)C)c2)cc1. The Balaban J connectivity index is 2.06. The van der Waals surface area contributed by atoms with Gasteiger partial charge in [0, 0.05) is 22.9 Å². The number of nitrogens with one attached hydrogen (secondary N) is 2. The highest BCUT2D eigenvalue weighted by Gasteiger charge is 2.11. The molecule has 2 aromatic rings. The molecule has 2 amide bonds. The van der Waals surface area contributed by atoms with Crippen LogP contribution in [0.1, 0.15) is 56.0 Å². The van der Waals surface area contributed by atoms with Crippen molar-refractivity contribution in [3.63, 3.8) is 0 Å². The van der Waals surface area contributed by atoms with E-state index in [9.17, 15) is 9.59 Å². The van der Waals surface area contributed by atoms with Crippen molar-refractivity contribution < 1.29 is 9.59 Å². The van der Waals surface area contributed by atoms with Crippen LogP contribution in [-0.2, 0) is 4.79 Å². The van der Waals surface area contributed by atoms with Crippen molar-refractivity contribution in [2.24, 2.45) is 5.92 Å². The first kappa shape index (κ1) is 18.7. The summed E-state index contributed by atoms with van der Waals surface area (Å²) in [6.45, 7) is 8.00. The van der Waals surface area contributed by atoms with Crippen molar-refractivity contribution in [1.82, 2.24) is 0 Å². The Morgan fingerprint density at radius 1 is 0.920 bits per heavy atom. The summed E-state index contributed by atoms with van der Waals surface area (Å²) in [5.41, 5.74) is 3.15. The first-order valence-electron chi connectivity index (χ1n) is 8.73. The lowest BCUT2D eigenvalue weighted by Crippen LogP contribution is -2.18. The Morgan fingerprint density at radius 3 is 2.20 bits per heavy atom. The second-order valence-corrected chi connectivity index (χ2v) is 6.61. The van der Waals surface area contributed by atoms with Crippen molar-refractivity contribution in [2.45, 2.75) is 40.0 Å². The fraction of sp³-hybridized carbons (Fsp3) is 0.333. The molecule has 0 radical (unpaired) electrons.